The Morgan fingerprint density at radius 1 is 0.844 bits per heavy atom. The minimum Gasteiger partial charge on any atom is -0.306 e. The molecule has 0 spiro atoms. The van der Waals surface area contributed by atoms with Crippen LogP contribution in [0.15, 0.2) is 132 Å². The summed E-state index contributed by atoms with van der Waals surface area (Å²) in [5, 5.41) is 4.57. The van der Waals surface area contributed by atoms with Crippen LogP contribution in [0.2, 0.25) is 0 Å². The number of benzene rings is 3. The molecule has 0 fully saturated rings. The van der Waals surface area contributed by atoms with Crippen molar-refractivity contribution in [2.75, 3.05) is 9.80 Å². The number of aldehydes is 2. The zero-order chi connectivity index (χ0) is 31.5. The highest BCUT2D eigenvalue weighted by molar-refractivity contribution is 7.24. The smallest absolute Gasteiger partial charge is 0.150 e. The number of thiophene rings is 2. The summed E-state index contributed by atoms with van der Waals surface area (Å²) in [6.07, 6.45) is 13.7. The van der Waals surface area contributed by atoms with Crippen LogP contribution >= 0.6 is 22.7 Å². The number of nitrogens with zero attached hydrogens (tertiary/aromatic N) is 2. The lowest BCUT2D eigenvalue weighted by atomic mass is 10.0. The van der Waals surface area contributed by atoms with Gasteiger partial charge in [0.2, 0.25) is 0 Å². The van der Waals surface area contributed by atoms with Crippen molar-refractivity contribution < 1.29 is 9.59 Å². The minimum absolute atomic E-state index is 0.608. The van der Waals surface area contributed by atoms with Crippen LogP contribution in [0.25, 0.3) is 20.2 Å². The van der Waals surface area contributed by atoms with E-state index in [0.29, 0.717) is 11.1 Å². The van der Waals surface area contributed by atoms with Gasteiger partial charge in [0, 0.05) is 43.3 Å². The Kier molecular flexibility index (Phi) is 8.78. The van der Waals surface area contributed by atoms with Gasteiger partial charge in [0.1, 0.15) is 22.6 Å². The molecular weight excluding hydrogens is 593 g/mol. The summed E-state index contributed by atoms with van der Waals surface area (Å²) in [5.41, 5.74) is 7.81. The molecule has 224 valence electrons. The molecule has 4 nitrogen and oxygen atoms in total. The molecule has 45 heavy (non-hydrogen) atoms. The summed E-state index contributed by atoms with van der Waals surface area (Å²) < 4.78 is 2.40. The molecule has 0 atom stereocenters. The molecular formula is C39H34N2O2S2. The summed E-state index contributed by atoms with van der Waals surface area (Å²) in [6.45, 7) is 10.5. The SMILES string of the molecule is C=C(C=CC(C=O)=CC)N(c1cccc(C)c1)c1cc2cc3sc(N(C4=CC(C)=CCC4)c4ccc(C=O)cc4)cc3cc2s1. The van der Waals surface area contributed by atoms with E-state index in [1.807, 2.05) is 37.3 Å². The van der Waals surface area contributed by atoms with Gasteiger partial charge in [-0.3, -0.25) is 9.59 Å². The number of rotatable bonds is 10. The van der Waals surface area contributed by atoms with Crippen LogP contribution in [-0.4, -0.2) is 12.6 Å². The fourth-order valence-electron chi connectivity index (χ4n) is 5.59. The van der Waals surface area contributed by atoms with Gasteiger partial charge >= 0.3 is 0 Å². The molecule has 2 heterocycles. The van der Waals surface area contributed by atoms with Crippen LogP contribution in [-0.2, 0) is 4.79 Å². The Morgan fingerprint density at radius 3 is 2.20 bits per heavy atom. The molecule has 6 heteroatoms. The van der Waals surface area contributed by atoms with E-state index in [2.05, 4.69) is 90.9 Å². The Balaban J connectivity index is 1.42. The van der Waals surface area contributed by atoms with Gasteiger partial charge in [-0.15, -0.1) is 22.7 Å². The number of hydrogen-bond donors (Lipinski definition) is 0. The minimum atomic E-state index is 0.608. The molecule has 0 aliphatic heterocycles. The molecule has 0 unspecified atom stereocenters. The molecule has 6 rings (SSSR count). The second-order valence-electron chi connectivity index (χ2n) is 11.2. The van der Waals surface area contributed by atoms with Gasteiger partial charge < -0.3 is 9.80 Å². The molecule has 0 bridgehead atoms. The van der Waals surface area contributed by atoms with Crippen molar-refractivity contribution in [2.24, 2.45) is 0 Å². The average Bonchev–Trinajstić information content (AvgIpc) is 3.63. The summed E-state index contributed by atoms with van der Waals surface area (Å²) in [6, 6.07) is 25.3. The largest absolute Gasteiger partial charge is 0.306 e. The van der Waals surface area contributed by atoms with Crippen molar-refractivity contribution in [3.05, 3.63) is 143 Å². The first-order chi connectivity index (χ1) is 21.9. The Bertz CT molecular complexity index is 2000. The van der Waals surface area contributed by atoms with E-state index in [9.17, 15) is 9.59 Å². The van der Waals surface area contributed by atoms with Crippen molar-refractivity contribution in [1.82, 2.24) is 0 Å². The van der Waals surface area contributed by atoms with Crippen LogP contribution in [0, 0.1) is 6.92 Å². The highest BCUT2D eigenvalue weighted by atomic mass is 32.1. The lowest BCUT2D eigenvalue weighted by Gasteiger charge is -2.28. The van der Waals surface area contributed by atoms with E-state index in [1.165, 1.54) is 31.4 Å². The second kappa shape index (κ2) is 13.1. The van der Waals surface area contributed by atoms with E-state index in [1.54, 1.807) is 34.8 Å². The van der Waals surface area contributed by atoms with Crippen LogP contribution in [0.3, 0.4) is 0 Å². The first-order valence-corrected chi connectivity index (χ1v) is 16.6. The number of anilines is 4. The molecule has 1 aliphatic carbocycles. The quantitative estimate of drug-likeness (QED) is 0.0878. The topological polar surface area (TPSA) is 40.6 Å². The molecule has 1 aliphatic rings. The van der Waals surface area contributed by atoms with E-state index in [0.717, 1.165) is 58.1 Å². The summed E-state index contributed by atoms with van der Waals surface area (Å²) in [5.74, 6) is 0. The zero-order valence-corrected chi connectivity index (χ0v) is 27.3. The molecule has 3 aromatic carbocycles. The number of allylic oxidation sites excluding steroid dienone is 8. The third kappa shape index (κ3) is 6.39. The summed E-state index contributed by atoms with van der Waals surface area (Å²) in [4.78, 5) is 27.2. The molecule has 0 radical (unpaired) electrons. The third-order valence-corrected chi connectivity index (χ3v) is 10.1. The number of carbonyl (C=O) groups excluding carboxylic acids is 2. The van der Waals surface area contributed by atoms with E-state index < -0.39 is 0 Å². The predicted molar refractivity (Wildman–Crippen MR) is 194 cm³/mol. The van der Waals surface area contributed by atoms with Gasteiger partial charge in [-0.05, 0) is 129 Å². The van der Waals surface area contributed by atoms with Gasteiger partial charge in [0.25, 0.3) is 0 Å². The number of fused-ring (bicyclic) bond motifs is 2. The lowest BCUT2D eigenvalue weighted by Crippen LogP contribution is -2.16. The van der Waals surface area contributed by atoms with Gasteiger partial charge in [0.05, 0.1) is 0 Å². The van der Waals surface area contributed by atoms with E-state index in [4.69, 9.17) is 0 Å². The zero-order valence-electron chi connectivity index (χ0n) is 25.6. The van der Waals surface area contributed by atoms with Crippen molar-refractivity contribution in [3.63, 3.8) is 0 Å². The maximum Gasteiger partial charge on any atom is 0.150 e. The number of hydrogen-bond acceptors (Lipinski definition) is 6. The molecule has 5 aromatic rings. The third-order valence-electron chi connectivity index (χ3n) is 7.89. The van der Waals surface area contributed by atoms with E-state index >= 15 is 0 Å². The van der Waals surface area contributed by atoms with Crippen LogP contribution in [0.5, 0.6) is 0 Å². The van der Waals surface area contributed by atoms with Crippen LogP contribution in [0.4, 0.5) is 21.4 Å². The van der Waals surface area contributed by atoms with Gasteiger partial charge in [0.15, 0.2) is 0 Å². The first kappa shape index (κ1) is 30.3. The normalized spacial score (nSPS) is 13.6. The highest BCUT2D eigenvalue weighted by Crippen LogP contribution is 2.45. The molecule has 0 saturated carbocycles. The maximum atomic E-state index is 11.4. The summed E-state index contributed by atoms with van der Waals surface area (Å²) >= 11 is 3.51. The molecule has 2 aromatic heterocycles. The van der Waals surface area contributed by atoms with Crippen molar-refractivity contribution >= 4 is 76.8 Å². The van der Waals surface area contributed by atoms with Gasteiger partial charge in [-0.1, -0.05) is 36.4 Å². The fourth-order valence-corrected chi connectivity index (χ4v) is 7.88. The first-order valence-electron chi connectivity index (χ1n) is 14.9. The lowest BCUT2D eigenvalue weighted by molar-refractivity contribution is -0.104. The van der Waals surface area contributed by atoms with Crippen LogP contribution in [0.1, 0.15) is 42.6 Å². The monoisotopic (exact) mass is 626 g/mol. The Labute approximate surface area is 272 Å². The molecule has 0 N–H and O–H groups in total. The fraction of sp³-hybridized carbons (Fsp3) is 0.128. The molecule has 0 amide bonds. The van der Waals surface area contributed by atoms with Crippen LogP contribution < -0.4 is 9.80 Å². The van der Waals surface area contributed by atoms with Crippen molar-refractivity contribution in [1.29, 1.82) is 0 Å². The van der Waals surface area contributed by atoms with E-state index in [-0.39, 0.29) is 0 Å². The standard InChI is InChI=1S/C39H34N2O2S2/c1-5-29(24-42)13-12-28(4)40(34-10-6-8-26(2)18-34)38-22-31-20-37-32(21-36(31)44-38)23-39(45-37)41(35-11-7-9-27(3)19-35)33-16-14-30(25-43)15-17-33/h5-6,8-10,12-25H,4,7,11H2,1-3H3. The predicted octanol–water partition coefficient (Wildman–Crippen LogP) is 11.4. The van der Waals surface area contributed by atoms with Crippen molar-refractivity contribution in [2.45, 2.75) is 33.6 Å². The highest BCUT2D eigenvalue weighted by Gasteiger charge is 2.21. The van der Waals surface area contributed by atoms with Gasteiger partial charge in [-0.25, -0.2) is 0 Å². The van der Waals surface area contributed by atoms with Crippen molar-refractivity contribution in [3.8, 4) is 0 Å². The Hall–Kier alpha value is -4.78. The maximum absolute atomic E-state index is 11.4. The number of aryl methyl sites for hydroxylation is 1. The number of carbonyl (C=O) groups is 2. The van der Waals surface area contributed by atoms with Gasteiger partial charge in [-0.2, -0.15) is 0 Å². The summed E-state index contributed by atoms with van der Waals surface area (Å²) in [7, 11) is 0. The molecule has 0 saturated heterocycles. The average molecular weight is 627 g/mol. The Morgan fingerprint density at radius 2 is 1.56 bits per heavy atom. The second-order valence-corrected chi connectivity index (χ2v) is 13.3.